The first kappa shape index (κ1) is 34.8. The van der Waals surface area contributed by atoms with Crippen LogP contribution in [0.3, 0.4) is 0 Å². The predicted molar refractivity (Wildman–Crippen MR) is 242 cm³/mol. The van der Waals surface area contributed by atoms with Crippen molar-refractivity contribution >= 4 is 5.69 Å². The quantitative estimate of drug-likeness (QED) is 0.157. The van der Waals surface area contributed by atoms with Crippen molar-refractivity contribution in [3.8, 4) is 22.3 Å². The van der Waals surface area contributed by atoms with E-state index >= 15 is 0 Å². The molecule has 0 saturated carbocycles. The van der Waals surface area contributed by atoms with Crippen LogP contribution in [0.25, 0.3) is 22.3 Å². The molecule has 1 nitrogen and oxygen atoms in total. The van der Waals surface area contributed by atoms with Crippen LogP contribution in [-0.4, -0.2) is 6.04 Å². The molecule has 5 aliphatic carbocycles. The number of nitrogens with zero attached hydrogens (tertiary/aromatic N) is 1. The molecular formula is C57H47N. The van der Waals surface area contributed by atoms with Crippen LogP contribution in [0.15, 0.2) is 229 Å². The fourth-order valence-electron chi connectivity index (χ4n) is 10.9. The lowest BCUT2D eigenvalue weighted by Crippen LogP contribution is -2.39. The number of allylic oxidation sites excluding steroid dienone is 10. The maximum atomic E-state index is 2.68. The van der Waals surface area contributed by atoms with Gasteiger partial charge in [-0.3, -0.25) is 0 Å². The summed E-state index contributed by atoms with van der Waals surface area (Å²) in [6, 6.07) is 59.0. The Labute approximate surface area is 343 Å². The molecule has 280 valence electrons. The van der Waals surface area contributed by atoms with Crippen molar-refractivity contribution in [2.45, 2.75) is 43.1 Å². The average Bonchev–Trinajstić information content (AvgIpc) is 3.60. The van der Waals surface area contributed by atoms with E-state index in [1.165, 1.54) is 79.0 Å². The Morgan fingerprint density at radius 2 is 1.22 bits per heavy atom. The fraction of sp³-hybridized carbons (Fsp3) is 0.158. The van der Waals surface area contributed by atoms with Gasteiger partial charge in [0, 0.05) is 17.3 Å². The molecule has 0 saturated heterocycles. The zero-order valence-corrected chi connectivity index (χ0v) is 32.8. The van der Waals surface area contributed by atoms with Crippen molar-refractivity contribution in [3.05, 3.63) is 257 Å². The van der Waals surface area contributed by atoms with Crippen LogP contribution in [0.4, 0.5) is 5.69 Å². The highest BCUT2D eigenvalue weighted by Crippen LogP contribution is 2.57. The van der Waals surface area contributed by atoms with E-state index in [1.807, 2.05) is 0 Å². The zero-order chi connectivity index (χ0) is 38.5. The summed E-state index contributed by atoms with van der Waals surface area (Å²) < 4.78 is 0. The lowest BCUT2D eigenvalue weighted by molar-refractivity contribution is 0.364. The number of fused-ring (bicyclic) bond motifs is 6. The Morgan fingerprint density at radius 1 is 0.534 bits per heavy atom. The molecule has 0 spiro atoms. The van der Waals surface area contributed by atoms with Gasteiger partial charge in [0.05, 0.1) is 11.5 Å². The largest absolute Gasteiger partial charge is 0.335 e. The average molecular weight is 746 g/mol. The van der Waals surface area contributed by atoms with E-state index in [4.69, 9.17) is 0 Å². The molecule has 0 aromatic heterocycles. The third-order valence-electron chi connectivity index (χ3n) is 13.6. The maximum Gasteiger partial charge on any atom is 0.0714 e. The SMILES string of the molecule is C1=CC2=CC=C3C=CC(N(C4=CCC(c5cccc(-c6ccccc6)c5)C=C4)c4ccc5c(c4)C(c4ccccc4)(c4ccccc4)c4ccccc4-5)CC3C2CC1. The Bertz CT molecular complexity index is 2650. The molecule has 6 aromatic rings. The van der Waals surface area contributed by atoms with Gasteiger partial charge in [-0.1, -0.05) is 194 Å². The minimum absolute atomic E-state index is 0.214. The number of hydrogen-bond acceptors (Lipinski definition) is 1. The third-order valence-corrected chi connectivity index (χ3v) is 13.6. The second-order valence-electron chi connectivity index (χ2n) is 16.6. The van der Waals surface area contributed by atoms with Gasteiger partial charge in [0.2, 0.25) is 0 Å². The van der Waals surface area contributed by atoms with Gasteiger partial charge in [-0.2, -0.15) is 0 Å². The summed E-state index contributed by atoms with van der Waals surface area (Å²) >= 11 is 0. The third kappa shape index (κ3) is 5.75. The first-order valence-electron chi connectivity index (χ1n) is 21.2. The van der Waals surface area contributed by atoms with Gasteiger partial charge in [-0.25, -0.2) is 0 Å². The van der Waals surface area contributed by atoms with E-state index in [1.54, 1.807) is 0 Å². The summed E-state index contributed by atoms with van der Waals surface area (Å²) in [4.78, 5) is 2.68. The standard InChI is InChI=1S/C57H47N/c1-4-15-40(16-5-1)44-18-14-19-45(37-44)41-29-32-48(33-30-41)58(49-34-31-43-28-27-42-17-10-11-24-51(42)54(43)38-49)50-35-36-53-52-25-12-13-26-55(52)57(56(53)39-50,46-20-6-2-7-21-46)47-22-8-3-9-23-47/h1-10,12-23,25-29,31-37,39,41,49,51,54H,11,24,30,38H2. The van der Waals surface area contributed by atoms with Crippen LogP contribution in [-0.2, 0) is 5.41 Å². The van der Waals surface area contributed by atoms with Gasteiger partial charge in [-0.15, -0.1) is 0 Å². The predicted octanol–water partition coefficient (Wildman–Crippen LogP) is 13.9. The molecule has 0 amide bonds. The van der Waals surface area contributed by atoms with Crippen molar-refractivity contribution < 1.29 is 0 Å². The lowest BCUT2D eigenvalue weighted by atomic mass is 9.67. The molecule has 1 heteroatoms. The summed E-state index contributed by atoms with van der Waals surface area (Å²) in [5.41, 5.74) is 16.9. The highest BCUT2D eigenvalue weighted by Gasteiger charge is 2.46. The van der Waals surface area contributed by atoms with Gasteiger partial charge < -0.3 is 4.90 Å². The summed E-state index contributed by atoms with van der Waals surface area (Å²) in [7, 11) is 0. The minimum atomic E-state index is -0.447. The van der Waals surface area contributed by atoms with Crippen LogP contribution in [0.1, 0.15) is 59.4 Å². The van der Waals surface area contributed by atoms with Crippen molar-refractivity contribution in [1.29, 1.82) is 0 Å². The van der Waals surface area contributed by atoms with E-state index in [2.05, 4.69) is 217 Å². The molecule has 0 N–H and O–H groups in total. The summed E-state index contributed by atoms with van der Waals surface area (Å²) in [5.74, 6) is 1.41. The highest BCUT2D eigenvalue weighted by atomic mass is 15.2. The molecule has 0 bridgehead atoms. The van der Waals surface area contributed by atoms with E-state index in [0.29, 0.717) is 17.8 Å². The van der Waals surface area contributed by atoms with Crippen LogP contribution in [0.2, 0.25) is 0 Å². The second kappa shape index (κ2) is 14.5. The Morgan fingerprint density at radius 3 is 1.98 bits per heavy atom. The van der Waals surface area contributed by atoms with Gasteiger partial charge in [0.15, 0.2) is 0 Å². The molecule has 6 aromatic carbocycles. The molecule has 4 atom stereocenters. The molecule has 58 heavy (non-hydrogen) atoms. The molecule has 0 radical (unpaired) electrons. The highest BCUT2D eigenvalue weighted by molar-refractivity contribution is 5.88. The molecule has 0 aliphatic heterocycles. The van der Waals surface area contributed by atoms with Gasteiger partial charge in [0.25, 0.3) is 0 Å². The minimum Gasteiger partial charge on any atom is -0.335 e. The Balaban J connectivity index is 1.04. The molecule has 11 rings (SSSR count). The summed E-state index contributed by atoms with van der Waals surface area (Å²) in [5, 5.41) is 0. The van der Waals surface area contributed by atoms with E-state index in [9.17, 15) is 0 Å². The van der Waals surface area contributed by atoms with Crippen LogP contribution < -0.4 is 4.90 Å². The van der Waals surface area contributed by atoms with Crippen molar-refractivity contribution in [2.75, 3.05) is 4.90 Å². The van der Waals surface area contributed by atoms with E-state index in [0.717, 1.165) is 19.3 Å². The normalized spacial score (nSPS) is 22.1. The first-order valence-corrected chi connectivity index (χ1v) is 21.2. The van der Waals surface area contributed by atoms with E-state index < -0.39 is 5.41 Å². The molecule has 0 fully saturated rings. The van der Waals surface area contributed by atoms with Gasteiger partial charge in [-0.05, 0) is 117 Å². The summed E-state index contributed by atoms with van der Waals surface area (Å²) in [6.07, 6.45) is 26.3. The van der Waals surface area contributed by atoms with Crippen LogP contribution >= 0.6 is 0 Å². The molecule has 0 heterocycles. The van der Waals surface area contributed by atoms with Gasteiger partial charge in [0.1, 0.15) is 0 Å². The monoisotopic (exact) mass is 745 g/mol. The molecule has 4 unspecified atom stereocenters. The van der Waals surface area contributed by atoms with Crippen molar-refractivity contribution in [2.24, 2.45) is 11.8 Å². The van der Waals surface area contributed by atoms with Gasteiger partial charge >= 0.3 is 0 Å². The van der Waals surface area contributed by atoms with E-state index in [-0.39, 0.29) is 6.04 Å². The molecule has 5 aliphatic rings. The maximum absolute atomic E-state index is 2.68. The Kier molecular flexibility index (Phi) is 8.69. The topological polar surface area (TPSA) is 3.24 Å². The number of benzene rings is 6. The van der Waals surface area contributed by atoms with Crippen LogP contribution in [0, 0.1) is 11.8 Å². The van der Waals surface area contributed by atoms with Crippen molar-refractivity contribution in [1.82, 2.24) is 0 Å². The molecular weight excluding hydrogens is 699 g/mol. The summed E-state index contributed by atoms with van der Waals surface area (Å²) in [6.45, 7) is 0. The second-order valence-corrected chi connectivity index (χ2v) is 16.6. The lowest BCUT2D eigenvalue weighted by Gasteiger charge is -2.43. The fourth-order valence-corrected chi connectivity index (χ4v) is 10.9. The van der Waals surface area contributed by atoms with Crippen molar-refractivity contribution in [3.63, 3.8) is 0 Å². The number of hydrogen-bond donors (Lipinski definition) is 0. The number of anilines is 1. The number of rotatable bonds is 7. The smallest absolute Gasteiger partial charge is 0.0714 e. The first-order chi connectivity index (χ1) is 28.8. The van der Waals surface area contributed by atoms with Crippen LogP contribution in [0.5, 0.6) is 0 Å². The Hall–Kier alpha value is -6.44. The zero-order valence-electron chi connectivity index (χ0n) is 32.8.